The highest BCUT2D eigenvalue weighted by Gasteiger charge is 2.18. The molecule has 5 heteroatoms. The number of hydrogen-bond donors (Lipinski definition) is 0. The Kier molecular flexibility index (Phi) is 7.16. The molecule has 0 saturated carbocycles. The highest BCUT2D eigenvalue weighted by atomic mass is 14.8. The lowest BCUT2D eigenvalue weighted by Crippen LogP contribution is -1.95. The first-order valence-corrected chi connectivity index (χ1v) is 19.5. The van der Waals surface area contributed by atoms with Crippen molar-refractivity contribution in [1.82, 2.24) is 24.9 Å². The zero-order valence-corrected chi connectivity index (χ0v) is 31.1. The van der Waals surface area contributed by atoms with Gasteiger partial charge in [-0.15, -0.1) is 0 Å². The molecule has 5 aromatic heterocycles. The number of benzene rings is 7. The molecule has 0 saturated heterocycles. The van der Waals surface area contributed by atoms with Crippen molar-refractivity contribution in [2.24, 2.45) is 0 Å². The average Bonchev–Trinajstić information content (AvgIpc) is 3.29. The van der Waals surface area contributed by atoms with Crippen molar-refractivity contribution in [3.63, 3.8) is 0 Å². The Bertz CT molecular complexity index is 3620. The van der Waals surface area contributed by atoms with E-state index in [0.29, 0.717) is 0 Å². The summed E-state index contributed by atoms with van der Waals surface area (Å²) in [6.45, 7) is 0. The molecule has 0 unspecified atom stereocenters. The molecule has 5 heterocycles. The van der Waals surface area contributed by atoms with Crippen LogP contribution in [0.3, 0.4) is 0 Å². The van der Waals surface area contributed by atoms with Crippen molar-refractivity contribution in [1.29, 1.82) is 0 Å². The normalized spacial score (nSPS) is 11.8. The fourth-order valence-corrected chi connectivity index (χ4v) is 8.72. The number of rotatable bonds is 4. The van der Waals surface area contributed by atoms with Crippen molar-refractivity contribution >= 4 is 76.3 Å². The lowest BCUT2D eigenvalue weighted by molar-refractivity contribution is 1.32. The fraction of sp³-hybridized carbons (Fsp3) is 0. The van der Waals surface area contributed by atoms with E-state index in [-0.39, 0.29) is 0 Å². The highest BCUT2D eigenvalue weighted by Crippen LogP contribution is 2.40. The summed E-state index contributed by atoms with van der Waals surface area (Å²) in [5, 5.41) is 7.52. The maximum atomic E-state index is 5.35. The first-order valence-electron chi connectivity index (χ1n) is 19.5. The Hall–Kier alpha value is -7.89. The second kappa shape index (κ2) is 12.8. The van der Waals surface area contributed by atoms with Crippen LogP contribution in [-0.2, 0) is 0 Å². The van der Waals surface area contributed by atoms with Gasteiger partial charge in [-0.05, 0) is 53.6 Å². The van der Waals surface area contributed by atoms with Crippen LogP contribution < -0.4 is 0 Å². The minimum absolute atomic E-state index is 0.798. The van der Waals surface area contributed by atoms with E-state index >= 15 is 0 Å². The van der Waals surface area contributed by atoms with Crippen LogP contribution >= 0.6 is 0 Å². The van der Waals surface area contributed by atoms with Crippen LogP contribution in [0.4, 0.5) is 0 Å². The summed E-state index contributed by atoms with van der Waals surface area (Å²) in [4.78, 5) is 26.3. The highest BCUT2D eigenvalue weighted by molar-refractivity contribution is 6.17. The zero-order chi connectivity index (χ0) is 38.2. The van der Waals surface area contributed by atoms with Crippen molar-refractivity contribution in [2.75, 3.05) is 0 Å². The minimum atomic E-state index is 0.798. The Balaban J connectivity index is 1.00. The van der Waals surface area contributed by atoms with Gasteiger partial charge in [0.05, 0.1) is 55.7 Å². The summed E-state index contributed by atoms with van der Waals surface area (Å²) >= 11 is 0. The van der Waals surface area contributed by atoms with Crippen LogP contribution in [-0.4, -0.2) is 24.9 Å². The molecule has 12 rings (SSSR count). The van der Waals surface area contributed by atoms with E-state index in [2.05, 4.69) is 176 Å². The molecule has 0 fully saturated rings. The van der Waals surface area contributed by atoms with E-state index in [1.165, 1.54) is 11.1 Å². The Morgan fingerprint density at radius 3 is 1.28 bits per heavy atom. The van der Waals surface area contributed by atoms with E-state index in [0.717, 1.165) is 110 Å². The van der Waals surface area contributed by atoms with Crippen LogP contribution in [0.2, 0.25) is 0 Å². The van der Waals surface area contributed by atoms with Crippen molar-refractivity contribution in [3.05, 3.63) is 188 Å². The second-order valence-electron chi connectivity index (χ2n) is 14.8. The molecule has 0 amide bonds. The summed E-state index contributed by atoms with van der Waals surface area (Å²) in [5.74, 6) is 0. The Labute approximate surface area is 333 Å². The van der Waals surface area contributed by atoms with E-state index < -0.39 is 0 Å². The van der Waals surface area contributed by atoms with Crippen LogP contribution in [0.15, 0.2) is 188 Å². The molecule has 0 atom stereocenters. The third-order valence-corrected chi connectivity index (χ3v) is 11.4. The molecular formula is C53H31N5. The third kappa shape index (κ3) is 5.07. The van der Waals surface area contributed by atoms with Gasteiger partial charge < -0.3 is 0 Å². The number of fused-ring (bicyclic) bond motifs is 9. The first kappa shape index (κ1) is 32.4. The maximum absolute atomic E-state index is 5.35. The van der Waals surface area contributed by atoms with Gasteiger partial charge in [-0.1, -0.05) is 146 Å². The van der Waals surface area contributed by atoms with E-state index in [4.69, 9.17) is 24.9 Å². The van der Waals surface area contributed by atoms with Gasteiger partial charge in [-0.25, -0.2) is 24.9 Å². The number of para-hydroxylation sites is 2. The van der Waals surface area contributed by atoms with Gasteiger partial charge in [0.2, 0.25) is 0 Å². The smallest absolute Gasteiger partial charge is 0.0978 e. The largest absolute Gasteiger partial charge is 0.246 e. The van der Waals surface area contributed by atoms with Gasteiger partial charge in [0.15, 0.2) is 0 Å². The summed E-state index contributed by atoms with van der Waals surface area (Å²) < 4.78 is 0. The van der Waals surface area contributed by atoms with Crippen LogP contribution in [0.1, 0.15) is 0 Å². The van der Waals surface area contributed by atoms with Gasteiger partial charge in [0.25, 0.3) is 0 Å². The standard InChI is InChI=1S/C53H31N5/c1-3-12-32(13-4-1)48-38-16-7-9-19-43(38)56-52-40(48)26-22-34-24-29-45(55-50(34)52)36-18-11-21-42-37(36)28-31-46(54-42)47-30-25-35-23-27-41-49(33-14-5-2-6-15-33)39-17-8-10-20-44(39)57-53(41)51(35)58-47/h1-31H. The van der Waals surface area contributed by atoms with Crippen molar-refractivity contribution in [2.45, 2.75) is 0 Å². The van der Waals surface area contributed by atoms with Crippen LogP contribution in [0, 0.1) is 0 Å². The lowest BCUT2D eigenvalue weighted by Gasteiger charge is -2.14. The monoisotopic (exact) mass is 737 g/mol. The molecule has 268 valence electrons. The first-order chi connectivity index (χ1) is 28.7. The fourth-order valence-electron chi connectivity index (χ4n) is 8.72. The minimum Gasteiger partial charge on any atom is -0.246 e. The number of pyridine rings is 5. The van der Waals surface area contributed by atoms with E-state index in [9.17, 15) is 0 Å². The molecule has 0 spiro atoms. The molecule has 0 N–H and O–H groups in total. The molecule has 0 bridgehead atoms. The number of nitrogens with zero attached hydrogens (tertiary/aromatic N) is 5. The molecule has 0 aliphatic rings. The van der Waals surface area contributed by atoms with Crippen molar-refractivity contribution < 1.29 is 0 Å². The predicted molar refractivity (Wildman–Crippen MR) is 240 cm³/mol. The molecular weight excluding hydrogens is 707 g/mol. The Morgan fingerprint density at radius 2 is 0.672 bits per heavy atom. The number of aromatic nitrogens is 5. The second-order valence-corrected chi connectivity index (χ2v) is 14.8. The van der Waals surface area contributed by atoms with Gasteiger partial charge in [-0.2, -0.15) is 0 Å². The van der Waals surface area contributed by atoms with E-state index in [1.54, 1.807) is 0 Å². The van der Waals surface area contributed by atoms with Gasteiger partial charge in [-0.3, -0.25) is 0 Å². The Morgan fingerprint density at radius 1 is 0.241 bits per heavy atom. The zero-order valence-electron chi connectivity index (χ0n) is 31.1. The topological polar surface area (TPSA) is 64.5 Å². The molecule has 0 aliphatic heterocycles. The maximum Gasteiger partial charge on any atom is 0.0978 e. The number of hydrogen-bond acceptors (Lipinski definition) is 5. The predicted octanol–water partition coefficient (Wildman–Crippen LogP) is 13.4. The van der Waals surface area contributed by atoms with Crippen molar-refractivity contribution in [3.8, 4) is 44.9 Å². The summed E-state index contributed by atoms with van der Waals surface area (Å²) in [6, 6.07) is 65.5. The summed E-state index contributed by atoms with van der Waals surface area (Å²) in [5.41, 5.74) is 14.4. The quantitative estimate of drug-likeness (QED) is 0.133. The molecule has 7 aromatic carbocycles. The molecule has 0 radical (unpaired) electrons. The molecule has 58 heavy (non-hydrogen) atoms. The van der Waals surface area contributed by atoms with Crippen LogP contribution in [0.25, 0.3) is 121 Å². The molecule has 0 aliphatic carbocycles. The lowest BCUT2D eigenvalue weighted by atomic mass is 9.95. The van der Waals surface area contributed by atoms with Gasteiger partial charge in [0, 0.05) is 54.4 Å². The van der Waals surface area contributed by atoms with E-state index in [1.807, 2.05) is 12.1 Å². The molecule has 12 aromatic rings. The van der Waals surface area contributed by atoms with Gasteiger partial charge >= 0.3 is 0 Å². The SMILES string of the molecule is c1ccc(-c2c3ccccc3nc3c2ccc2ccc(-c4ccc5c(-c6ccc7ccc8c(-c9ccccc9)c9ccccc9nc8c7n6)cccc5n4)nc23)cc1. The van der Waals surface area contributed by atoms with Crippen LogP contribution in [0.5, 0.6) is 0 Å². The summed E-state index contributed by atoms with van der Waals surface area (Å²) in [7, 11) is 0. The third-order valence-electron chi connectivity index (χ3n) is 11.4. The molecule has 5 nitrogen and oxygen atoms in total. The summed E-state index contributed by atoms with van der Waals surface area (Å²) in [6.07, 6.45) is 0. The average molecular weight is 738 g/mol. The van der Waals surface area contributed by atoms with Gasteiger partial charge in [0.1, 0.15) is 0 Å².